The summed E-state index contributed by atoms with van der Waals surface area (Å²) in [5.41, 5.74) is 2.21. The Bertz CT molecular complexity index is 634. The Morgan fingerprint density at radius 1 is 1.14 bits per heavy atom. The lowest BCUT2D eigenvalue weighted by atomic mass is 10.1. The number of pyridine rings is 1. The van der Waals surface area contributed by atoms with E-state index in [9.17, 15) is 9.59 Å². The number of rotatable bonds is 5. The number of carbonyl (C=O) groups excluding carboxylic acids is 2. The average molecular weight is 284 g/mol. The molecule has 0 unspecified atom stereocenters. The lowest BCUT2D eigenvalue weighted by Crippen LogP contribution is -2.30. The third kappa shape index (κ3) is 3.89. The van der Waals surface area contributed by atoms with Gasteiger partial charge in [0.1, 0.15) is 0 Å². The first-order chi connectivity index (χ1) is 10.1. The van der Waals surface area contributed by atoms with Crippen molar-refractivity contribution >= 4 is 11.7 Å². The molecule has 0 atom stereocenters. The van der Waals surface area contributed by atoms with Gasteiger partial charge in [0.2, 0.25) is 11.7 Å². The number of hydrogen-bond donors (Lipinski definition) is 1. The molecule has 0 spiro atoms. The van der Waals surface area contributed by atoms with E-state index in [2.05, 4.69) is 10.3 Å². The predicted octanol–water partition coefficient (Wildman–Crippen LogP) is 1.90. The van der Waals surface area contributed by atoms with E-state index in [1.54, 1.807) is 42.6 Å². The Morgan fingerprint density at radius 3 is 2.43 bits per heavy atom. The zero-order chi connectivity index (χ0) is 15.2. The van der Waals surface area contributed by atoms with E-state index >= 15 is 0 Å². The molecule has 21 heavy (non-hydrogen) atoms. The van der Waals surface area contributed by atoms with E-state index in [1.807, 2.05) is 6.92 Å². The number of amides is 1. The Kier molecular flexibility index (Phi) is 4.66. The topological polar surface area (TPSA) is 68.3 Å². The second-order valence-corrected chi connectivity index (χ2v) is 4.59. The molecule has 1 aromatic heterocycles. The molecule has 5 nitrogen and oxygen atoms in total. The second-order valence-electron chi connectivity index (χ2n) is 4.59. The standard InChI is InChI=1S/C16H16N2O3/c1-11-3-6-13(7-4-11)15(19)16(20)18-10-12-5-8-14(21-2)17-9-12/h3-9H,10H2,1-2H3,(H,18,20). The van der Waals surface area contributed by atoms with Crippen LogP contribution >= 0.6 is 0 Å². The van der Waals surface area contributed by atoms with Crippen molar-refractivity contribution in [1.82, 2.24) is 10.3 Å². The number of carbonyl (C=O) groups is 2. The number of hydrogen-bond acceptors (Lipinski definition) is 4. The number of methoxy groups -OCH3 is 1. The molecule has 1 amide bonds. The van der Waals surface area contributed by atoms with Crippen molar-refractivity contribution in [3.8, 4) is 5.88 Å². The molecule has 1 N–H and O–H groups in total. The van der Waals surface area contributed by atoms with Crippen LogP contribution in [0.4, 0.5) is 0 Å². The van der Waals surface area contributed by atoms with Crippen LogP contribution in [0, 0.1) is 6.92 Å². The van der Waals surface area contributed by atoms with E-state index in [0.29, 0.717) is 11.4 Å². The number of Topliss-reactive ketones (excluding diaryl/α,β-unsaturated/α-hetero) is 1. The molecule has 0 bridgehead atoms. The van der Waals surface area contributed by atoms with Gasteiger partial charge < -0.3 is 10.1 Å². The predicted molar refractivity (Wildman–Crippen MR) is 78.1 cm³/mol. The molecule has 0 saturated carbocycles. The lowest BCUT2D eigenvalue weighted by Gasteiger charge is -2.05. The zero-order valence-corrected chi connectivity index (χ0v) is 11.9. The first-order valence-corrected chi connectivity index (χ1v) is 6.48. The highest BCUT2D eigenvalue weighted by atomic mass is 16.5. The molecule has 1 heterocycles. The highest BCUT2D eigenvalue weighted by Gasteiger charge is 2.15. The van der Waals surface area contributed by atoms with Crippen LogP contribution in [0.25, 0.3) is 0 Å². The summed E-state index contributed by atoms with van der Waals surface area (Å²) < 4.78 is 4.95. The minimum atomic E-state index is -0.630. The third-order valence-electron chi connectivity index (χ3n) is 2.98. The highest BCUT2D eigenvalue weighted by molar-refractivity contribution is 6.42. The van der Waals surface area contributed by atoms with Crippen LogP contribution < -0.4 is 10.1 Å². The summed E-state index contributed by atoms with van der Waals surface area (Å²) in [6.45, 7) is 2.17. The average Bonchev–Trinajstić information content (AvgIpc) is 2.53. The van der Waals surface area contributed by atoms with E-state index in [-0.39, 0.29) is 6.54 Å². The Labute approximate surface area is 123 Å². The van der Waals surface area contributed by atoms with Gasteiger partial charge in [0.05, 0.1) is 7.11 Å². The fraction of sp³-hybridized carbons (Fsp3) is 0.188. The molecule has 0 fully saturated rings. The molecule has 108 valence electrons. The number of nitrogens with zero attached hydrogens (tertiary/aromatic N) is 1. The van der Waals surface area contributed by atoms with E-state index in [0.717, 1.165) is 11.1 Å². The SMILES string of the molecule is COc1ccc(CNC(=O)C(=O)c2ccc(C)cc2)cn1. The molecule has 0 aliphatic carbocycles. The number of benzene rings is 1. The molecule has 1 aromatic carbocycles. The minimum Gasteiger partial charge on any atom is -0.481 e. The first-order valence-electron chi connectivity index (χ1n) is 6.48. The monoisotopic (exact) mass is 284 g/mol. The number of aryl methyl sites for hydroxylation is 1. The van der Waals surface area contributed by atoms with Crippen molar-refractivity contribution in [2.45, 2.75) is 13.5 Å². The fourth-order valence-electron chi connectivity index (χ4n) is 1.73. The smallest absolute Gasteiger partial charge is 0.292 e. The van der Waals surface area contributed by atoms with Crippen LogP contribution in [-0.2, 0) is 11.3 Å². The van der Waals surface area contributed by atoms with Gasteiger partial charge in [-0.2, -0.15) is 0 Å². The summed E-state index contributed by atoms with van der Waals surface area (Å²) in [5.74, 6) is -0.674. The molecule has 5 heteroatoms. The van der Waals surface area contributed by atoms with Crippen molar-refractivity contribution in [2.75, 3.05) is 7.11 Å². The van der Waals surface area contributed by atoms with Crippen molar-refractivity contribution in [1.29, 1.82) is 0 Å². The normalized spacial score (nSPS) is 10.0. The maximum absolute atomic E-state index is 11.9. The lowest BCUT2D eigenvalue weighted by molar-refractivity contribution is -0.117. The van der Waals surface area contributed by atoms with Crippen LogP contribution in [0.2, 0.25) is 0 Å². The van der Waals surface area contributed by atoms with Crippen molar-refractivity contribution in [3.05, 3.63) is 59.3 Å². The van der Waals surface area contributed by atoms with Gasteiger partial charge in [-0.1, -0.05) is 35.9 Å². The maximum atomic E-state index is 11.9. The van der Waals surface area contributed by atoms with E-state index in [4.69, 9.17) is 4.74 Å². The first kappa shape index (κ1) is 14.7. The largest absolute Gasteiger partial charge is 0.481 e. The molecular formula is C16H16N2O3. The maximum Gasteiger partial charge on any atom is 0.292 e. The van der Waals surface area contributed by atoms with E-state index in [1.165, 1.54) is 7.11 Å². The summed E-state index contributed by atoms with van der Waals surface area (Å²) in [6.07, 6.45) is 1.59. The molecule has 0 radical (unpaired) electrons. The number of aromatic nitrogens is 1. The van der Waals surface area contributed by atoms with Gasteiger partial charge in [0.15, 0.2) is 0 Å². The fourth-order valence-corrected chi connectivity index (χ4v) is 1.73. The summed E-state index contributed by atoms with van der Waals surface area (Å²) in [5, 5.41) is 2.58. The minimum absolute atomic E-state index is 0.243. The van der Waals surface area contributed by atoms with Crippen molar-refractivity contribution in [3.63, 3.8) is 0 Å². The van der Waals surface area contributed by atoms with Gasteiger partial charge in [-0.05, 0) is 12.5 Å². The summed E-state index contributed by atoms with van der Waals surface area (Å²) in [7, 11) is 1.53. The molecule has 0 saturated heterocycles. The highest BCUT2D eigenvalue weighted by Crippen LogP contribution is 2.07. The van der Waals surface area contributed by atoms with Crippen LogP contribution in [0.3, 0.4) is 0 Å². The van der Waals surface area contributed by atoms with E-state index < -0.39 is 11.7 Å². The van der Waals surface area contributed by atoms with Gasteiger partial charge >= 0.3 is 0 Å². The second kappa shape index (κ2) is 6.65. The number of nitrogens with one attached hydrogen (secondary N) is 1. The number of ketones is 1. The summed E-state index contributed by atoms with van der Waals surface area (Å²) in [4.78, 5) is 27.8. The quantitative estimate of drug-likeness (QED) is 0.672. The van der Waals surface area contributed by atoms with Crippen LogP contribution in [0.1, 0.15) is 21.5 Å². The Morgan fingerprint density at radius 2 is 1.86 bits per heavy atom. The zero-order valence-electron chi connectivity index (χ0n) is 11.9. The molecule has 0 aliphatic rings. The summed E-state index contributed by atoms with van der Waals surface area (Å²) in [6, 6.07) is 10.4. The van der Waals surface area contributed by atoms with Gasteiger partial charge in [-0.15, -0.1) is 0 Å². The number of ether oxygens (including phenoxy) is 1. The van der Waals surface area contributed by atoms with Crippen LogP contribution in [0.5, 0.6) is 5.88 Å². The van der Waals surface area contributed by atoms with Crippen molar-refractivity contribution < 1.29 is 14.3 Å². The molecule has 2 rings (SSSR count). The Hall–Kier alpha value is -2.69. The third-order valence-corrected chi connectivity index (χ3v) is 2.98. The van der Waals surface area contributed by atoms with Crippen LogP contribution in [-0.4, -0.2) is 23.8 Å². The van der Waals surface area contributed by atoms with Gasteiger partial charge in [-0.25, -0.2) is 4.98 Å². The van der Waals surface area contributed by atoms with Gasteiger partial charge in [0.25, 0.3) is 5.91 Å². The van der Waals surface area contributed by atoms with Crippen molar-refractivity contribution in [2.24, 2.45) is 0 Å². The molecule has 2 aromatic rings. The van der Waals surface area contributed by atoms with Gasteiger partial charge in [-0.3, -0.25) is 9.59 Å². The summed E-state index contributed by atoms with van der Waals surface area (Å²) >= 11 is 0. The molecule has 0 aliphatic heterocycles. The van der Waals surface area contributed by atoms with Crippen LogP contribution in [0.15, 0.2) is 42.6 Å². The van der Waals surface area contributed by atoms with Gasteiger partial charge in [0, 0.05) is 24.4 Å². The Balaban J connectivity index is 1.94. The molecular weight excluding hydrogens is 268 g/mol.